The Morgan fingerprint density at radius 3 is 2.70 bits per heavy atom. The van der Waals surface area contributed by atoms with E-state index in [-0.39, 0.29) is 6.61 Å². The second-order valence-corrected chi connectivity index (χ2v) is 6.80. The number of nitrogens with zero attached hydrogens (tertiary/aromatic N) is 1. The number of likely N-dealkylation sites (N-methyl/N-ethyl adjacent to an activating group) is 1. The molecule has 3 nitrogen and oxygen atoms in total. The largest absolute Gasteiger partial charge is 0.395 e. The van der Waals surface area contributed by atoms with Crippen LogP contribution in [-0.2, 0) is 0 Å². The van der Waals surface area contributed by atoms with Gasteiger partial charge in [0.05, 0.1) is 6.61 Å². The lowest BCUT2D eigenvalue weighted by atomic mass is 10.1. The first-order chi connectivity index (χ1) is 9.74. The summed E-state index contributed by atoms with van der Waals surface area (Å²) in [6.45, 7) is 6.24. The average molecular weight is 294 g/mol. The molecule has 2 atom stereocenters. The molecule has 1 aliphatic rings. The van der Waals surface area contributed by atoms with Gasteiger partial charge in [0.1, 0.15) is 0 Å². The third kappa shape index (κ3) is 4.06. The summed E-state index contributed by atoms with van der Waals surface area (Å²) in [6.07, 6.45) is 2.58. The minimum atomic E-state index is 0.199. The minimum absolute atomic E-state index is 0.199. The van der Waals surface area contributed by atoms with Crippen molar-refractivity contribution in [1.29, 1.82) is 0 Å². The Bertz CT molecular complexity index is 396. The predicted octanol–water partition coefficient (Wildman–Crippen LogP) is 3.20. The van der Waals surface area contributed by atoms with Crippen LogP contribution in [0.25, 0.3) is 0 Å². The Balaban J connectivity index is 1.97. The van der Waals surface area contributed by atoms with Crippen LogP contribution in [0.1, 0.15) is 26.7 Å². The zero-order valence-electron chi connectivity index (χ0n) is 12.5. The van der Waals surface area contributed by atoms with Gasteiger partial charge in [0.15, 0.2) is 0 Å². The fourth-order valence-electron chi connectivity index (χ4n) is 2.69. The van der Waals surface area contributed by atoms with Crippen LogP contribution < -0.4 is 10.2 Å². The molecular weight excluding hydrogens is 268 g/mol. The SMILES string of the molecule is CCN(CCO)c1ccc(NC2CCCSC2C)cc1. The molecule has 0 radical (unpaired) electrons. The maximum Gasteiger partial charge on any atom is 0.0606 e. The molecule has 2 rings (SSSR count). The first-order valence-electron chi connectivity index (χ1n) is 7.58. The topological polar surface area (TPSA) is 35.5 Å². The highest BCUT2D eigenvalue weighted by molar-refractivity contribution is 8.00. The van der Waals surface area contributed by atoms with E-state index in [0.29, 0.717) is 17.8 Å². The molecule has 0 spiro atoms. The summed E-state index contributed by atoms with van der Waals surface area (Å²) in [5.41, 5.74) is 2.38. The summed E-state index contributed by atoms with van der Waals surface area (Å²) in [5.74, 6) is 1.30. The Morgan fingerprint density at radius 2 is 2.10 bits per heavy atom. The molecule has 1 saturated heterocycles. The fourth-order valence-corrected chi connectivity index (χ4v) is 3.83. The molecule has 2 unspecified atom stereocenters. The molecule has 1 heterocycles. The number of anilines is 2. The Morgan fingerprint density at radius 1 is 1.35 bits per heavy atom. The number of thioether (sulfide) groups is 1. The van der Waals surface area contributed by atoms with Crippen molar-refractivity contribution in [2.45, 2.75) is 38.0 Å². The molecule has 1 aliphatic heterocycles. The molecule has 1 aromatic carbocycles. The maximum absolute atomic E-state index is 9.07. The van der Waals surface area contributed by atoms with E-state index in [2.05, 4.69) is 60.1 Å². The van der Waals surface area contributed by atoms with Crippen molar-refractivity contribution in [2.75, 3.05) is 35.7 Å². The summed E-state index contributed by atoms with van der Waals surface area (Å²) in [5, 5.41) is 13.4. The van der Waals surface area contributed by atoms with Gasteiger partial charge in [-0.25, -0.2) is 0 Å². The molecule has 4 heteroatoms. The number of aliphatic hydroxyl groups excluding tert-OH is 1. The summed E-state index contributed by atoms with van der Waals surface area (Å²) >= 11 is 2.07. The number of benzene rings is 1. The average Bonchev–Trinajstić information content (AvgIpc) is 2.48. The van der Waals surface area contributed by atoms with E-state index >= 15 is 0 Å². The van der Waals surface area contributed by atoms with Gasteiger partial charge in [-0.3, -0.25) is 0 Å². The van der Waals surface area contributed by atoms with Crippen molar-refractivity contribution in [1.82, 2.24) is 0 Å². The Labute approximate surface area is 126 Å². The van der Waals surface area contributed by atoms with E-state index in [1.165, 1.54) is 30.0 Å². The zero-order valence-corrected chi connectivity index (χ0v) is 13.3. The van der Waals surface area contributed by atoms with E-state index in [9.17, 15) is 0 Å². The number of nitrogens with one attached hydrogen (secondary N) is 1. The van der Waals surface area contributed by atoms with Crippen LogP contribution in [-0.4, -0.2) is 41.8 Å². The summed E-state index contributed by atoms with van der Waals surface area (Å²) in [4.78, 5) is 2.18. The van der Waals surface area contributed by atoms with Crippen LogP contribution in [0.3, 0.4) is 0 Å². The molecule has 0 aliphatic carbocycles. The summed E-state index contributed by atoms with van der Waals surface area (Å²) in [7, 11) is 0. The highest BCUT2D eigenvalue weighted by atomic mass is 32.2. The summed E-state index contributed by atoms with van der Waals surface area (Å²) in [6, 6.07) is 9.17. The van der Waals surface area contributed by atoms with E-state index in [1.54, 1.807) is 0 Å². The van der Waals surface area contributed by atoms with Crippen molar-refractivity contribution in [3.63, 3.8) is 0 Å². The molecule has 0 saturated carbocycles. The Hall–Kier alpha value is -0.870. The van der Waals surface area contributed by atoms with E-state index in [0.717, 1.165) is 6.54 Å². The lowest BCUT2D eigenvalue weighted by Crippen LogP contribution is -2.32. The molecule has 20 heavy (non-hydrogen) atoms. The van der Waals surface area contributed by atoms with E-state index in [1.807, 2.05) is 0 Å². The number of aliphatic hydroxyl groups is 1. The lowest BCUT2D eigenvalue weighted by molar-refractivity contribution is 0.302. The molecule has 2 N–H and O–H groups in total. The lowest BCUT2D eigenvalue weighted by Gasteiger charge is -2.30. The van der Waals surface area contributed by atoms with Gasteiger partial charge in [-0.1, -0.05) is 6.92 Å². The minimum Gasteiger partial charge on any atom is -0.395 e. The zero-order chi connectivity index (χ0) is 14.4. The van der Waals surface area contributed by atoms with E-state index < -0.39 is 0 Å². The van der Waals surface area contributed by atoms with Crippen molar-refractivity contribution < 1.29 is 5.11 Å². The van der Waals surface area contributed by atoms with Gasteiger partial charge in [-0.2, -0.15) is 11.8 Å². The van der Waals surface area contributed by atoms with Crippen LogP contribution >= 0.6 is 11.8 Å². The smallest absolute Gasteiger partial charge is 0.0606 e. The van der Waals surface area contributed by atoms with Gasteiger partial charge in [-0.15, -0.1) is 0 Å². The molecular formula is C16H26N2OS. The number of hydrogen-bond acceptors (Lipinski definition) is 4. The molecule has 0 amide bonds. The molecule has 112 valence electrons. The first-order valence-corrected chi connectivity index (χ1v) is 8.63. The van der Waals surface area contributed by atoms with Gasteiger partial charge in [-0.05, 0) is 49.8 Å². The van der Waals surface area contributed by atoms with Crippen molar-refractivity contribution >= 4 is 23.1 Å². The normalized spacial score (nSPS) is 22.6. The van der Waals surface area contributed by atoms with E-state index in [4.69, 9.17) is 5.11 Å². The van der Waals surface area contributed by atoms with Crippen LogP contribution in [0.2, 0.25) is 0 Å². The highest BCUT2D eigenvalue weighted by Gasteiger charge is 2.21. The van der Waals surface area contributed by atoms with Crippen LogP contribution in [0, 0.1) is 0 Å². The number of hydrogen-bond donors (Lipinski definition) is 2. The van der Waals surface area contributed by atoms with Crippen molar-refractivity contribution in [2.24, 2.45) is 0 Å². The number of rotatable bonds is 6. The maximum atomic E-state index is 9.07. The van der Waals surface area contributed by atoms with Gasteiger partial charge < -0.3 is 15.3 Å². The molecule has 1 fully saturated rings. The van der Waals surface area contributed by atoms with Crippen LogP contribution in [0.4, 0.5) is 11.4 Å². The van der Waals surface area contributed by atoms with Gasteiger partial charge in [0, 0.05) is 35.8 Å². The second-order valence-electron chi connectivity index (χ2n) is 5.32. The van der Waals surface area contributed by atoms with Gasteiger partial charge in [0.25, 0.3) is 0 Å². The van der Waals surface area contributed by atoms with Gasteiger partial charge in [0.2, 0.25) is 0 Å². The van der Waals surface area contributed by atoms with Gasteiger partial charge >= 0.3 is 0 Å². The molecule has 0 aromatic heterocycles. The summed E-state index contributed by atoms with van der Waals surface area (Å²) < 4.78 is 0. The quantitative estimate of drug-likeness (QED) is 0.844. The first kappa shape index (κ1) is 15.5. The fraction of sp³-hybridized carbons (Fsp3) is 0.625. The standard InChI is InChI=1S/C16H26N2OS/c1-3-18(10-11-19)15-8-6-14(7-9-15)17-16-5-4-12-20-13(16)2/h6-9,13,16-17,19H,3-5,10-12H2,1-2H3. The van der Waals surface area contributed by atoms with Crippen molar-refractivity contribution in [3.8, 4) is 0 Å². The molecule has 1 aromatic rings. The van der Waals surface area contributed by atoms with Crippen LogP contribution in [0.15, 0.2) is 24.3 Å². The third-order valence-electron chi connectivity index (χ3n) is 3.94. The highest BCUT2D eigenvalue weighted by Crippen LogP contribution is 2.28. The second kappa shape index (κ2) is 7.79. The molecule has 0 bridgehead atoms. The monoisotopic (exact) mass is 294 g/mol. The van der Waals surface area contributed by atoms with Crippen molar-refractivity contribution in [3.05, 3.63) is 24.3 Å². The third-order valence-corrected chi connectivity index (χ3v) is 5.32. The Kier molecular flexibility index (Phi) is 6.05. The van der Waals surface area contributed by atoms with Crippen LogP contribution in [0.5, 0.6) is 0 Å². The predicted molar refractivity (Wildman–Crippen MR) is 90.0 cm³/mol.